The number of hydrogen-bond donors (Lipinski definition) is 1. The molecule has 1 aromatic rings. The molecular formula is C13H17ClN2O3. The van der Waals surface area contributed by atoms with Crippen LogP contribution in [0.3, 0.4) is 0 Å². The van der Waals surface area contributed by atoms with Gasteiger partial charge in [-0.3, -0.25) is 9.78 Å². The first-order valence-corrected chi connectivity index (χ1v) is 6.37. The molecule has 19 heavy (non-hydrogen) atoms. The minimum absolute atomic E-state index is 0.0305. The second-order valence-electron chi connectivity index (χ2n) is 4.22. The topological polar surface area (TPSA) is 68.3 Å². The maximum absolute atomic E-state index is 12.1. The van der Waals surface area contributed by atoms with E-state index in [1.54, 1.807) is 0 Å². The number of hydrogen-bond acceptors (Lipinski definition) is 4. The average Bonchev–Trinajstić information content (AvgIpc) is 2.43. The second kappa shape index (κ2) is 7.09. The van der Waals surface area contributed by atoms with Crippen molar-refractivity contribution in [2.45, 2.75) is 26.3 Å². The summed E-state index contributed by atoms with van der Waals surface area (Å²) in [5.41, 5.74) is 0.286. The molecule has 1 aromatic heterocycles. The monoisotopic (exact) mass is 284 g/mol. The van der Waals surface area contributed by atoms with Gasteiger partial charge in [0, 0.05) is 12.4 Å². The van der Waals surface area contributed by atoms with Gasteiger partial charge in [0.2, 0.25) is 0 Å². The lowest BCUT2D eigenvalue weighted by atomic mass is 9.99. The van der Waals surface area contributed by atoms with E-state index in [4.69, 9.17) is 16.3 Å². The summed E-state index contributed by atoms with van der Waals surface area (Å²) in [5, 5.41) is 2.89. The van der Waals surface area contributed by atoms with Crippen LogP contribution < -0.4 is 5.32 Å². The Bertz CT molecular complexity index is 465. The van der Waals surface area contributed by atoms with Crippen LogP contribution in [0.2, 0.25) is 5.02 Å². The summed E-state index contributed by atoms with van der Waals surface area (Å²) < 4.78 is 4.70. The standard InChI is InChI=1S/C13H17ClN2O3/c1-4-8(2)11(13(18)19-3)16-12(17)9-5-6-15-7-10(9)14/h5-8,11H,4H2,1-3H3,(H,16,17). The summed E-state index contributed by atoms with van der Waals surface area (Å²) in [6, 6.07) is 0.814. The molecule has 0 saturated carbocycles. The van der Waals surface area contributed by atoms with E-state index in [1.165, 1.54) is 25.6 Å². The van der Waals surface area contributed by atoms with Crippen LogP contribution in [0.5, 0.6) is 0 Å². The molecule has 0 radical (unpaired) electrons. The fourth-order valence-corrected chi connectivity index (χ4v) is 1.78. The van der Waals surface area contributed by atoms with Gasteiger partial charge in [-0.25, -0.2) is 4.79 Å². The summed E-state index contributed by atoms with van der Waals surface area (Å²) >= 11 is 5.89. The molecule has 0 aliphatic carbocycles. The Morgan fingerprint density at radius 1 is 1.53 bits per heavy atom. The van der Waals surface area contributed by atoms with E-state index < -0.39 is 17.9 Å². The summed E-state index contributed by atoms with van der Waals surface area (Å²) in [5.74, 6) is -0.909. The van der Waals surface area contributed by atoms with Gasteiger partial charge in [-0.05, 0) is 12.0 Å². The minimum atomic E-state index is -0.688. The van der Waals surface area contributed by atoms with E-state index in [0.717, 1.165) is 6.42 Å². The van der Waals surface area contributed by atoms with E-state index in [2.05, 4.69) is 10.3 Å². The minimum Gasteiger partial charge on any atom is -0.467 e. The highest BCUT2D eigenvalue weighted by Crippen LogP contribution is 2.15. The third-order valence-electron chi connectivity index (χ3n) is 2.97. The Morgan fingerprint density at radius 3 is 2.74 bits per heavy atom. The van der Waals surface area contributed by atoms with Crippen molar-refractivity contribution in [2.75, 3.05) is 7.11 Å². The molecule has 2 atom stereocenters. The zero-order valence-electron chi connectivity index (χ0n) is 11.1. The lowest BCUT2D eigenvalue weighted by Gasteiger charge is -2.21. The van der Waals surface area contributed by atoms with Crippen molar-refractivity contribution >= 4 is 23.5 Å². The van der Waals surface area contributed by atoms with Crippen molar-refractivity contribution in [2.24, 2.45) is 5.92 Å². The van der Waals surface area contributed by atoms with Crippen LogP contribution in [-0.4, -0.2) is 30.0 Å². The Balaban J connectivity index is 2.88. The van der Waals surface area contributed by atoms with Gasteiger partial charge in [-0.1, -0.05) is 31.9 Å². The summed E-state index contributed by atoms with van der Waals surface area (Å²) in [6.45, 7) is 3.81. The maximum atomic E-state index is 12.1. The number of methoxy groups -OCH3 is 1. The highest BCUT2D eigenvalue weighted by atomic mass is 35.5. The van der Waals surface area contributed by atoms with Crippen molar-refractivity contribution in [3.8, 4) is 0 Å². The number of aromatic nitrogens is 1. The molecule has 0 saturated heterocycles. The molecule has 1 N–H and O–H groups in total. The van der Waals surface area contributed by atoms with E-state index in [9.17, 15) is 9.59 Å². The van der Waals surface area contributed by atoms with Gasteiger partial charge in [-0.2, -0.15) is 0 Å². The van der Waals surface area contributed by atoms with Gasteiger partial charge in [0.1, 0.15) is 6.04 Å². The van der Waals surface area contributed by atoms with Crippen LogP contribution in [-0.2, 0) is 9.53 Å². The van der Waals surface area contributed by atoms with Gasteiger partial charge < -0.3 is 10.1 Å². The SMILES string of the molecule is CCC(C)C(NC(=O)c1ccncc1Cl)C(=O)OC. The summed E-state index contributed by atoms with van der Waals surface area (Å²) in [7, 11) is 1.29. The lowest BCUT2D eigenvalue weighted by Crippen LogP contribution is -2.45. The number of nitrogens with zero attached hydrogens (tertiary/aromatic N) is 1. The Morgan fingerprint density at radius 2 is 2.21 bits per heavy atom. The first kappa shape index (κ1) is 15.4. The molecular weight excluding hydrogens is 268 g/mol. The van der Waals surface area contributed by atoms with Gasteiger partial charge in [0.15, 0.2) is 0 Å². The van der Waals surface area contributed by atoms with Gasteiger partial charge in [-0.15, -0.1) is 0 Å². The largest absolute Gasteiger partial charge is 0.467 e. The number of nitrogens with one attached hydrogen (secondary N) is 1. The molecule has 5 nitrogen and oxygen atoms in total. The first-order valence-electron chi connectivity index (χ1n) is 5.99. The zero-order valence-corrected chi connectivity index (χ0v) is 11.9. The number of carbonyl (C=O) groups is 2. The number of carbonyl (C=O) groups excluding carboxylic acids is 2. The molecule has 6 heteroatoms. The van der Waals surface area contributed by atoms with E-state index in [0.29, 0.717) is 0 Å². The third-order valence-corrected chi connectivity index (χ3v) is 3.27. The summed E-state index contributed by atoms with van der Waals surface area (Å²) in [6.07, 6.45) is 3.59. The van der Waals surface area contributed by atoms with E-state index >= 15 is 0 Å². The molecule has 1 rings (SSSR count). The molecule has 0 aliphatic heterocycles. The van der Waals surface area contributed by atoms with Crippen molar-refractivity contribution in [3.05, 3.63) is 29.0 Å². The van der Waals surface area contributed by atoms with Crippen LogP contribution in [0.1, 0.15) is 30.6 Å². The molecule has 104 valence electrons. The first-order chi connectivity index (χ1) is 9.01. The lowest BCUT2D eigenvalue weighted by molar-refractivity contribution is -0.144. The fraction of sp³-hybridized carbons (Fsp3) is 0.462. The molecule has 1 amide bonds. The number of halogens is 1. The van der Waals surface area contributed by atoms with E-state index in [1.807, 2.05) is 13.8 Å². The summed E-state index contributed by atoms with van der Waals surface area (Å²) in [4.78, 5) is 27.6. The highest BCUT2D eigenvalue weighted by molar-refractivity contribution is 6.33. The highest BCUT2D eigenvalue weighted by Gasteiger charge is 2.27. The predicted octanol–water partition coefficient (Wildman–Crippen LogP) is 2.05. The molecule has 2 unspecified atom stereocenters. The van der Waals surface area contributed by atoms with Crippen LogP contribution in [0, 0.1) is 5.92 Å². The quantitative estimate of drug-likeness (QED) is 0.840. The number of rotatable bonds is 5. The third kappa shape index (κ3) is 3.92. The number of pyridine rings is 1. The van der Waals surface area contributed by atoms with Crippen LogP contribution >= 0.6 is 11.6 Å². The number of ether oxygens (including phenoxy) is 1. The van der Waals surface area contributed by atoms with Crippen molar-refractivity contribution < 1.29 is 14.3 Å². The van der Waals surface area contributed by atoms with Crippen LogP contribution in [0.15, 0.2) is 18.5 Å². The van der Waals surface area contributed by atoms with Gasteiger partial charge >= 0.3 is 5.97 Å². The molecule has 0 bridgehead atoms. The molecule has 0 spiro atoms. The zero-order chi connectivity index (χ0) is 14.4. The van der Waals surface area contributed by atoms with Crippen molar-refractivity contribution in [1.29, 1.82) is 0 Å². The average molecular weight is 285 g/mol. The Kier molecular flexibility index (Phi) is 5.76. The van der Waals surface area contributed by atoms with Crippen molar-refractivity contribution in [3.63, 3.8) is 0 Å². The Hall–Kier alpha value is -1.62. The van der Waals surface area contributed by atoms with Gasteiger partial charge in [0.05, 0.1) is 17.7 Å². The fourth-order valence-electron chi connectivity index (χ4n) is 1.57. The Labute approximate surface area is 117 Å². The predicted molar refractivity (Wildman–Crippen MR) is 72.0 cm³/mol. The molecule has 0 fully saturated rings. The molecule has 0 aliphatic rings. The number of esters is 1. The maximum Gasteiger partial charge on any atom is 0.328 e. The molecule has 1 heterocycles. The van der Waals surface area contributed by atoms with Crippen molar-refractivity contribution in [1.82, 2.24) is 10.3 Å². The van der Waals surface area contributed by atoms with Crippen LogP contribution in [0.25, 0.3) is 0 Å². The van der Waals surface area contributed by atoms with E-state index in [-0.39, 0.29) is 16.5 Å². The second-order valence-corrected chi connectivity index (χ2v) is 4.62. The van der Waals surface area contributed by atoms with Gasteiger partial charge in [0.25, 0.3) is 5.91 Å². The smallest absolute Gasteiger partial charge is 0.328 e. The number of amides is 1. The normalized spacial score (nSPS) is 13.5. The molecule has 0 aromatic carbocycles. The van der Waals surface area contributed by atoms with Crippen LogP contribution in [0.4, 0.5) is 0 Å².